The number of anilines is 1. The smallest absolute Gasteiger partial charge is 0.357 e. The monoisotopic (exact) mass is 401 g/mol. The third-order valence-electron chi connectivity index (χ3n) is 3.71. The third kappa shape index (κ3) is 4.52. The normalized spacial score (nSPS) is 10.7. The molecule has 1 N–H and O–H groups in total. The van der Waals surface area contributed by atoms with Crippen LogP contribution in [-0.2, 0) is 9.53 Å². The molecule has 0 saturated heterocycles. The van der Waals surface area contributed by atoms with Gasteiger partial charge in [-0.1, -0.05) is 19.9 Å². The van der Waals surface area contributed by atoms with Gasteiger partial charge in [-0.15, -0.1) is 21.5 Å². The van der Waals surface area contributed by atoms with E-state index in [0.29, 0.717) is 10.9 Å². The Morgan fingerprint density at radius 1 is 1.25 bits per heavy atom. The Labute approximate surface area is 165 Å². The Morgan fingerprint density at radius 2 is 2.00 bits per heavy atom. The van der Waals surface area contributed by atoms with Crippen molar-refractivity contribution in [3.8, 4) is 11.4 Å². The van der Waals surface area contributed by atoms with Crippen LogP contribution in [0.4, 0.5) is 5.13 Å². The van der Waals surface area contributed by atoms with Gasteiger partial charge in [-0.3, -0.25) is 14.7 Å². The van der Waals surface area contributed by atoms with Crippen molar-refractivity contribution in [2.24, 2.45) is 0 Å². The maximum atomic E-state index is 12.2. The number of hydrogen-bond acceptors (Lipinski definition) is 8. The highest BCUT2D eigenvalue weighted by Crippen LogP contribution is 2.30. The average molecular weight is 401 g/mol. The van der Waals surface area contributed by atoms with Gasteiger partial charge in [0.15, 0.2) is 17.4 Å². The lowest BCUT2D eigenvalue weighted by molar-refractivity contribution is -0.118. The van der Waals surface area contributed by atoms with Crippen LogP contribution < -0.4 is 10.1 Å². The number of benzene rings is 1. The van der Waals surface area contributed by atoms with Gasteiger partial charge < -0.3 is 9.47 Å². The number of amides is 1. The van der Waals surface area contributed by atoms with Gasteiger partial charge in [0.25, 0.3) is 5.91 Å². The summed E-state index contributed by atoms with van der Waals surface area (Å²) in [6.45, 7) is 3.69. The van der Waals surface area contributed by atoms with Gasteiger partial charge in [-0.05, 0) is 18.1 Å². The minimum absolute atomic E-state index is 0.0777. The summed E-state index contributed by atoms with van der Waals surface area (Å²) in [6.07, 6.45) is 3.14. The van der Waals surface area contributed by atoms with Gasteiger partial charge in [0.05, 0.1) is 12.8 Å². The predicted octanol–water partition coefficient (Wildman–Crippen LogP) is 2.65. The number of carbonyl (C=O) groups is 2. The van der Waals surface area contributed by atoms with Crippen LogP contribution in [0.5, 0.6) is 5.75 Å². The first-order valence-corrected chi connectivity index (χ1v) is 9.26. The Bertz CT molecular complexity index is 968. The number of rotatable bonds is 7. The molecule has 0 bridgehead atoms. The summed E-state index contributed by atoms with van der Waals surface area (Å²) in [4.78, 5) is 29.0. The highest BCUT2D eigenvalue weighted by molar-refractivity contribution is 7.16. The largest absolute Gasteiger partial charge is 0.484 e. The van der Waals surface area contributed by atoms with Crippen molar-refractivity contribution in [3.05, 3.63) is 47.5 Å². The molecule has 1 amide bonds. The molecule has 0 aliphatic heterocycles. The fourth-order valence-electron chi connectivity index (χ4n) is 2.39. The molecule has 0 unspecified atom stereocenters. The van der Waals surface area contributed by atoms with E-state index in [1.54, 1.807) is 35.4 Å². The number of thiazole rings is 1. The first-order chi connectivity index (χ1) is 13.5. The van der Waals surface area contributed by atoms with E-state index in [0.717, 1.165) is 10.6 Å². The van der Waals surface area contributed by atoms with E-state index in [1.165, 1.54) is 18.4 Å². The highest BCUT2D eigenvalue weighted by atomic mass is 32.1. The fourth-order valence-corrected chi connectivity index (χ4v) is 3.36. The van der Waals surface area contributed by atoms with Crippen LogP contribution in [0.1, 0.15) is 35.1 Å². The van der Waals surface area contributed by atoms with Crippen LogP contribution in [-0.4, -0.2) is 45.3 Å². The van der Waals surface area contributed by atoms with Crippen molar-refractivity contribution in [3.63, 3.8) is 0 Å². The molecule has 9 nitrogen and oxygen atoms in total. The Balaban J connectivity index is 1.63. The summed E-state index contributed by atoms with van der Waals surface area (Å²) in [6, 6.07) is 7.19. The summed E-state index contributed by atoms with van der Waals surface area (Å²) >= 11 is 1.25. The van der Waals surface area contributed by atoms with Gasteiger partial charge in [-0.2, -0.15) is 0 Å². The molecule has 28 heavy (non-hydrogen) atoms. The van der Waals surface area contributed by atoms with E-state index < -0.39 is 5.97 Å². The molecule has 0 saturated carbocycles. The molecule has 3 aromatic rings. The molecule has 0 aliphatic rings. The molecule has 146 valence electrons. The Kier molecular flexibility index (Phi) is 5.99. The van der Waals surface area contributed by atoms with Gasteiger partial charge in [0.2, 0.25) is 0 Å². The SMILES string of the molecule is COC(=O)c1nc(NC(=O)COc2cccc(-n3cnnc3)c2)sc1C(C)C. The second-order valence-corrected chi connectivity index (χ2v) is 7.11. The Morgan fingerprint density at radius 3 is 2.68 bits per heavy atom. The lowest BCUT2D eigenvalue weighted by Crippen LogP contribution is -2.20. The number of nitrogens with zero attached hydrogens (tertiary/aromatic N) is 4. The maximum absolute atomic E-state index is 12.2. The van der Waals surface area contributed by atoms with Crippen molar-refractivity contribution in [2.75, 3.05) is 19.0 Å². The van der Waals surface area contributed by atoms with Crippen molar-refractivity contribution in [2.45, 2.75) is 19.8 Å². The summed E-state index contributed by atoms with van der Waals surface area (Å²) in [7, 11) is 1.30. The van der Waals surface area contributed by atoms with Crippen LogP contribution in [0.3, 0.4) is 0 Å². The first-order valence-electron chi connectivity index (χ1n) is 8.44. The predicted molar refractivity (Wildman–Crippen MR) is 103 cm³/mol. The zero-order valence-corrected chi connectivity index (χ0v) is 16.4. The van der Waals surface area contributed by atoms with Crippen LogP contribution in [0.2, 0.25) is 0 Å². The average Bonchev–Trinajstić information content (AvgIpc) is 3.36. The van der Waals surface area contributed by atoms with E-state index >= 15 is 0 Å². The quantitative estimate of drug-likeness (QED) is 0.606. The Hall–Kier alpha value is -3.27. The van der Waals surface area contributed by atoms with E-state index in [4.69, 9.17) is 9.47 Å². The van der Waals surface area contributed by atoms with Crippen LogP contribution in [0.15, 0.2) is 36.9 Å². The number of carbonyl (C=O) groups excluding carboxylic acids is 2. The molecule has 3 rings (SSSR count). The molecule has 0 radical (unpaired) electrons. The summed E-state index contributed by atoms with van der Waals surface area (Å²) in [5.74, 6) is -0.301. The van der Waals surface area contributed by atoms with Gasteiger partial charge in [0.1, 0.15) is 18.4 Å². The van der Waals surface area contributed by atoms with Crippen molar-refractivity contribution in [1.82, 2.24) is 19.7 Å². The third-order valence-corrected chi connectivity index (χ3v) is 4.98. The molecule has 0 aliphatic carbocycles. The molecule has 0 spiro atoms. The molecule has 2 heterocycles. The topological polar surface area (TPSA) is 108 Å². The van der Waals surface area contributed by atoms with Gasteiger partial charge in [-0.25, -0.2) is 9.78 Å². The van der Waals surface area contributed by atoms with E-state index in [-0.39, 0.29) is 24.1 Å². The molecular formula is C18H19N5O4S. The van der Waals surface area contributed by atoms with E-state index in [1.807, 2.05) is 19.9 Å². The van der Waals surface area contributed by atoms with E-state index in [2.05, 4.69) is 20.5 Å². The lowest BCUT2D eigenvalue weighted by atomic mass is 10.1. The lowest BCUT2D eigenvalue weighted by Gasteiger charge is -2.08. The van der Waals surface area contributed by atoms with Gasteiger partial charge >= 0.3 is 5.97 Å². The number of nitrogens with one attached hydrogen (secondary N) is 1. The molecule has 0 atom stereocenters. The standard InChI is InChI=1S/C18H19N5O4S/c1-11(2)16-15(17(25)26-3)22-18(28-16)21-14(24)8-27-13-6-4-5-12(7-13)23-9-19-20-10-23/h4-7,9-11H,8H2,1-3H3,(H,21,22,24). The molecule has 0 fully saturated rings. The molecule has 1 aromatic carbocycles. The minimum atomic E-state index is -0.525. The maximum Gasteiger partial charge on any atom is 0.357 e. The molecule has 2 aromatic heterocycles. The highest BCUT2D eigenvalue weighted by Gasteiger charge is 2.21. The van der Waals surface area contributed by atoms with Crippen LogP contribution >= 0.6 is 11.3 Å². The number of hydrogen-bond donors (Lipinski definition) is 1. The van der Waals surface area contributed by atoms with Crippen molar-refractivity contribution < 1.29 is 19.1 Å². The van der Waals surface area contributed by atoms with Gasteiger partial charge in [0, 0.05) is 10.9 Å². The number of methoxy groups -OCH3 is 1. The van der Waals surface area contributed by atoms with Crippen molar-refractivity contribution >= 4 is 28.3 Å². The second kappa shape index (κ2) is 8.61. The van der Waals surface area contributed by atoms with Crippen molar-refractivity contribution in [1.29, 1.82) is 0 Å². The first kappa shape index (κ1) is 19.5. The zero-order valence-electron chi connectivity index (χ0n) is 15.6. The van der Waals surface area contributed by atoms with Crippen LogP contribution in [0.25, 0.3) is 5.69 Å². The summed E-state index contributed by atoms with van der Waals surface area (Å²) < 4.78 is 12.0. The zero-order chi connectivity index (χ0) is 20.1. The minimum Gasteiger partial charge on any atom is -0.484 e. The number of aromatic nitrogens is 4. The molecule has 10 heteroatoms. The summed E-state index contributed by atoms with van der Waals surface area (Å²) in [5, 5.41) is 10.5. The summed E-state index contributed by atoms with van der Waals surface area (Å²) in [5.41, 5.74) is 1.03. The number of ether oxygens (including phenoxy) is 2. The second-order valence-electron chi connectivity index (χ2n) is 6.08. The molecular weight excluding hydrogens is 382 g/mol. The van der Waals surface area contributed by atoms with Crippen LogP contribution in [0, 0.1) is 0 Å². The van der Waals surface area contributed by atoms with E-state index in [9.17, 15) is 9.59 Å². The fraction of sp³-hybridized carbons (Fsp3) is 0.278. The number of esters is 1.